The Labute approximate surface area is 144 Å². The van der Waals surface area contributed by atoms with Gasteiger partial charge < -0.3 is 4.90 Å². The number of thiophene rings is 1. The second-order valence-corrected chi connectivity index (χ2v) is 7.11. The molecule has 0 aliphatic rings. The van der Waals surface area contributed by atoms with E-state index in [0.717, 1.165) is 31.4 Å². The molecule has 2 aromatic heterocycles. The first-order valence-corrected chi connectivity index (χ1v) is 9.87. The number of rotatable bonds is 8. The van der Waals surface area contributed by atoms with Crippen molar-refractivity contribution in [2.75, 3.05) is 18.8 Å². The van der Waals surface area contributed by atoms with Gasteiger partial charge in [-0.05, 0) is 31.2 Å². The fourth-order valence-electron chi connectivity index (χ4n) is 2.43. The maximum atomic E-state index is 12.4. The Morgan fingerprint density at radius 3 is 2.61 bits per heavy atom. The zero-order chi connectivity index (χ0) is 16.8. The van der Waals surface area contributed by atoms with Crippen molar-refractivity contribution in [3.63, 3.8) is 0 Å². The molecule has 1 amide bonds. The van der Waals surface area contributed by atoms with Crippen LogP contribution in [-0.2, 0) is 11.3 Å². The number of hydrogen-bond donors (Lipinski definition) is 0. The summed E-state index contributed by atoms with van der Waals surface area (Å²) in [5, 5.41) is 2.51. The van der Waals surface area contributed by atoms with Gasteiger partial charge in [-0.2, -0.15) is 0 Å². The Kier molecular flexibility index (Phi) is 6.65. The summed E-state index contributed by atoms with van der Waals surface area (Å²) in [6, 6.07) is 1.85. The molecule has 0 N–H and O–H groups in total. The summed E-state index contributed by atoms with van der Waals surface area (Å²) >= 11 is 2.77. The molecule has 0 aromatic carbocycles. The quantitative estimate of drug-likeness (QED) is 0.540. The SMILES string of the molecule is CCCN(CCC)C(=O)CSc1nc2ccsc2c(=O)n1CC. The number of carbonyl (C=O) groups excluding carboxylic acids is 1. The second kappa shape index (κ2) is 8.49. The van der Waals surface area contributed by atoms with Crippen molar-refractivity contribution in [2.24, 2.45) is 0 Å². The van der Waals surface area contributed by atoms with Gasteiger partial charge >= 0.3 is 0 Å². The topological polar surface area (TPSA) is 55.2 Å². The minimum Gasteiger partial charge on any atom is -0.342 e. The number of amides is 1. The minimum absolute atomic E-state index is 0.0126. The summed E-state index contributed by atoms with van der Waals surface area (Å²) in [4.78, 5) is 31.3. The van der Waals surface area contributed by atoms with Crippen LogP contribution in [0.3, 0.4) is 0 Å². The molecule has 126 valence electrons. The fraction of sp³-hybridized carbons (Fsp3) is 0.562. The number of thioether (sulfide) groups is 1. The van der Waals surface area contributed by atoms with Gasteiger partial charge in [-0.3, -0.25) is 14.2 Å². The van der Waals surface area contributed by atoms with Crippen LogP contribution in [0.4, 0.5) is 0 Å². The highest BCUT2D eigenvalue weighted by Gasteiger charge is 2.16. The Morgan fingerprint density at radius 2 is 2.00 bits per heavy atom. The van der Waals surface area contributed by atoms with E-state index in [1.54, 1.807) is 4.57 Å². The molecule has 0 aliphatic carbocycles. The Hall–Kier alpha value is -1.34. The Balaban J connectivity index is 2.18. The summed E-state index contributed by atoms with van der Waals surface area (Å²) in [5.74, 6) is 0.434. The lowest BCUT2D eigenvalue weighted by atomic mass is 10.3. The van der Waals surface area contributed by atoms with Crippen molar-refractivity contribution in [1.29, 1.82) is 0 Å². The van der Waals surface area contributed by atoms with E-state index in [9.17, 15) is 9.59 Å². The molecule has 0 bridgehead atoms. The standard InChI is InChI=1S/C16H23N3O2S2/c1-4-8-18(9-5-2)13(20)11-23-16-17-12-7-10-22-14(12)15(21)19(16)6-3/h7,10H,4-6,8-9,11H2,1-3H3. The highest BCUT2D eigenvalue weighted by atomic mass is 32.2. The van der Waals surface area contributed by atoms with Crippen molar-refractivity contribution in [2.45, 2.75) is 45.3 Å². The van der Waals surface area contributed by atoms with E-state index >= 15 is 0 Å². The maximum absolute atomic E-state index is 12.4. The predicted octanol–water partition coefficient (Wildman–Crippen LogP) is 3.22. The highest BCUT2D eigenvalue weighted by molar-refractivity contribution is 7.99. The molecule has 2 aromatic rings. The molecule has 2 rings (SSSR count). The first kappa shape index (κ1) is 18.0. The molecule has 0 saturated carbocycles. The summed E-state index contributed by atoms with van der Waals surface area (Å²) in [7, 11) is 0. The first-order chi connectivity index (χ1) is 11.1. The Morgan fingerprint density at radius 1 is 1.30 bits per heavy atom. The summed E-state index contributed by atoms with van der Waals surface area (Å²) in [5.41, 5.74) is 0.708. The Bertz CT molecular complexity index is 718. The maximum Gasteiger partial charge on any atom is 0.272 e. The number of fused-ring (bicyclic) bond motifs is 1. The first-order valence-electron chi connectivity index (χ1n) is 8.00. The van der Waals surface area contributed by atoms with E-state index < -0.39 is 0 Å². The van der Waals surface area contributed by atoms with Gasteiger partial charge in [-0.15, -0.1) is 11.3 Å². The van der Waals surface area contributed by atoms with Crippen LogP contribution in [0.2, 0.25) is 0 Å². The third kappa shape index (κ3) is 4.14. The average Bonchev–Trinajstić information content (AvgIpc) is 3.01. The number of nitrogens with zero attached hydrogens (tertiary/aromatic N) is 3. The van der Waals surface area contributed by atoms with Crippen LogP contribution in [0.15, 0.2) is 21.4 Å². The van der Waals surface area contributed by atoms with Crippen molar-refractivity contribution >= 4 is 39.2 Å². The van der Waals surface area contributed by atoms with Gasteiger partial charge in [-0.1, -0.05) is 25.6 Å². The van der Waals surface area contributed by atoms with E-state index in [1.165, 1.54) is 23.1 Å². The van der Waals surface area contributed by atoms with Crippen LogP contribution in [0.1, 0.15) is 33.6 Å². The lowest BCUT2D eigenvalue weighted by Crippen LogP contribution is -2.34. The summed E-state index contributed by atoms with van der Waals surface area (Å²) in [6.45, 7) is 8.20. The van der Waals surface area contributed by atoms with E-state index in [4.69, 9.17) is 0 Å². The van der Waals surface area contributed by atoms with Crippen LogP contribution in [0.5, 0.6) is 0 Å². The van der Waals surface area contributed by atoms with Crippen LogP contribution in [0, 0.1) is 0 Å². The molecule has 2 heterocycles. The highest BCUT2D eigenvalue weighted by Crippen LogP contribution is 2.21. The smallest absolute Gasteiger partial charge is 0.272 e. The summed E-state index contributed by atoms with van der Waals surface area (Å²) < 4.78 is 2.34. The molecule has 0 radical (unpaired) electrons. The molecule has 7 heteroatoms. The molecule has 0 spiro atoms. The number of hydrogen-bond acceptors (Lipinski definition) is 5. The van der Waals surface area contributed by atoms with Gasteiger partial charge in [0.25, 0.3) is 5.56 Å². The van der Waals surface area contributed by atoms with Gasteiger partial charge in [-0.25, -0.2) is 4.98 Å². The molecule has 0 aliphatic heterocycles. The lowest BCUT2D eigenvalue weighted by molar-refractivity contribution is -0.128. The van der Waals surface area contributed by atoms with E-state index in [1.807, 2.05) is 23.3 Å². The van der Waals surface area contributed by atoms with Crippen LogP contribution in [-0.4, -0.2) is 39.2 Å². The average molecular weight is 354 g/mol. The van der Waals surface area contributed by atoms with Crippen molar-refractivity contribution in [3.05, 3.63) is 21.8 Å². The normalized spacial score (nSPS) is 11.1. The fourth-order valence-corrected chi connectivity index (χ4v) is 4.18. The largest absolute Gasteiger partial charge is 0.342 e. The molecule has 0 saturated heterocycles. The predicted molar refractivity (Wildman–Crippen MR) is 97.4 cm³/mol. The van der Waals surface area contributed by atoms with Gasteiger partial charge in [0, 0.05) is 19.6 Å². The molecule has 0 fully saturated rings. The second-order valence-electron chi connectivity index (χ2n) is 5.25. The third-order valence-electron chi connectivity index (χ3n) is 3.51. The molecular formula is C16H23N3O2S2. The van der Waals surface area contributed by atoms with Crippen molar-refractivity contribution in [3.8, 4) is 0 Å². The lowest BCUT2D eigenvalue weighted by Gasteiger charge is -2.21. The van der Waals surface area contributed by atoms with Crippen LogP contribution in [0.25, 0.3) is 10.2 Å². The van der Waals surface area contributed by atoms with Crippen molar-refractivity contribution in [1.82, 2.24) is 14.5 Å². The molecule has 23 heavy (non-hydrogen) atoms. The van der Waals surface area contributed by atoms with Gasteiger partial charge in [0.05, 0.1) is 11.3 Å². The van der Waals surface area contributed by atoms with Gasteiger partial charge in [0.15, 0.2) is 5.16 Å². The van der Waals surface area contributed by atoms with Crippen molar-refractivity contribution < 1.29 is 4.79 Å². The zero-order valence-corrected chi connectivity index (χ0v) is 15.5. The monoisotopic (exact) mass is 353 g/mol. The van der Waals surface area contributed by atoms with E-state index in [0.29, 0.717) is 22.2 Å². The van der Waals surface area contributed by atoms with Crippen LogP contribution >= 0.6 is 23.1 Å². The number of carbonyl (C=O) groups is 1. The van der Waals surface area contributed by atoms with Crippen LogP contribution < -0.4 is 5.56 Å². The van der Waals surface area contributed by atoms with Gasteiger partial charge in [0.1, 0.15) is 4.70 Å². The third-order valence-corrected chi connectivity index (χ3v) is 5.36. The molecular weight excluding hydrogens is 330 g/mol. The summed E-state index contributed by atoms with van der Waals surface area (Å²) in [6.07, 6.45) is 1.91. The molecule has 0 atom stereocenters. The van der Waals surface area contributed by atoms with Gasteiger partial charge in [0.2, 0.25) is 5.91 Å². The van der Waals surface area contributed by atoms with E-state index in [2.05, 4.69) is 18.8 Å². The van der Waals surface area contributed by atoms with E-state index in [-0.39, 0.29) is 11.5 Å². The number of aromatic nitrogens is 2. The zero-order valence-electron chi connectivity index (χ0n) is 13.9. The molecule has 0 unspecified atom stereocenters. The molecule has 5 nitrogen and oxygen atoms in total. The minimum atomic E-state index is -0.0126.